The average molecular weight is 374 g/mol. The smallest absolute Gasteiger partial charge is 0.260 e. The van der Waals surface area contributed by atoms with E-state index < -0.39 is 0 Å². The standard InChI is InChI=1S/C18H16ClN3O2S/c1-10-6-14(11(2)24-10)18(23)20-17-15-8-25-9-16(15)21-22(17)13-5-3-4-12(19)7-13/h3-7H,8-9H2,1-2H3,(H,20,23). The molecule has 0 unspecified atom stereocenters. The molecular weight excluding hydrogens is 358 g/mol. The lowest BCUT2D eigenvalue weighted by Gasteiger charge is -2.11. The number of rotatable bonds is 3. The number of aryl methyl sites for hydroxylation is 2. The minimum Gasteiger partial charge on any atom is -0.466 e. The van der Waals surface area contributed by atoms with Gasteiger partial charge in [-0.1, -0.05) is 17.7 Å². The van der Waals surface area contributed by atoms with E-state index in [4.69, 9.17) is 16.0 Å². The monoisotopic (exact) mass is 373 g/mol. The van der Waals surface area contributed by atoms with Crippen molar-refractivity contribution in [3.05, 3.63) is 63.7 Å². The van der Waals surface area contributed by atoms with Crippen molar-refractivity contribution in [3.8, 4) is 5.69 Å². The SMILES string of the molecule is Cc1cc(C(=O)Nc2c3c(nn2-c2cccc(Cl)c2)CSC3)c(C)o1. The van der Waals surface area contributed by atoms with Crippen LogP contribution in [-0.2, 0) is 11.5 Å². The summed E-state index contributed by atoms with van der Waals surface area (Å²) in [6.07, 6.45) is 0. The van der Waals surface area contributed by atoms with E-state index in [0.29, 0.717) is 27.9 Å². The summed E-state index contributed by atoms with van der Waals surface area (Å²) < 4.78 is 7.23. The highest BCUT2D eigenvalue weighted by molar-refractivity contribution is 7.98. The molecule has 1 aromatic carbocycles. The van der Waals surface area contributed by atoms with Gasteiger partial charge in [0.25, 0.3) is 5.91 Å². The number of hydrogen-bond acceptors (Lipinski definition) is 4. The first-order chi connectivity index (χ1) is 12.0. The normalized spacial score (nSPS) is 13.1. The Morgan fingerprint density at radius 1 is 1.32 bits per heavy atom. The number of fused-ring (bicyclic) bond motifs is 1. The van der Waals surface area contributed by atoms with Crippen LogP contribution in [0.5, 0.6) is 0 Å². The van der Waals surface area contributed by atoms with Crippen molar-refractivity contribution < 1.29 is 9.21 Å². The molecular formula is C18H16ClN3O2S. The van der Waals surface area contributed by atoms with E-state index >= 15 is 0 Å². The second-order valence-electron chi connectivity index (χ2n) is 5.94. The van der Waals surface area contributed by atoms with Crippen molar-refractivity contribution in [2.24, 2.45) is 0 Å². The molecule has 0 spiro atoms. The van der Waals surface area contributed by atoms with Gasteiger partial charge in [-0.2, -0.15) is 16.9 Å². The Bertz CT molecular complexity index is 977. The van der Waals surface area contributed by atoms with Crippen LogP contribution in [0.15, 0.2) is 34.7 Å². The number of amides is 1. The third-order valence-corrected chi connectivity index (χ3v) is 5.33. The molecule has 0 radical (unpaired) electrons. The van der Waals surface area contributed by atoms with Gasteiger partial charge in [0, 0.05) is 22.1 Å². The summed E-state index contributed by atoms with van der Waals surface area (Å²) in [5.74, 6) is 3.49. The van der Waals surface area contributed by atoms with Crippen molar-refractivity contribution in [3.63, 3.8) is 0 Å². The van der Waals surface area contributed by atoms with Gasteiger partial charge < -0.3 is 9.73 Å². The lowest BCUT2D eigenvalue weighted by molar-refractivity contribution is 0.102. The second-order valence-corrected chi connectivity index (χ2v) is 7.36. The molecule has 1 amide bonds. The van der Waals surface area contributed by atoms with Crippen LogP contribution in [-0.4, -0.2) is 15.7 Å². The lowest BCUT2D eigenvalue weighted by atomic mass is 10.2. The summed E-state index contributed by atoms with van der Waals surface area (Å²) in [7, 11) is 0. The van der Waals surface area contributed by atoms with E-state index in [9.17, 15) is 4.79 Å². The number of halogens is 1. The lowest BCUT2D eigenvalue weighted by Crippen LogP contribution is -2.16. The quantitative estimate of drug-likeness (QED) is 0.720. The number of aromatic nitrogens is 2. The van der Waals surface area contributed by atoms with Gasteiger partial charge in [0.05, 0.1) is 16.9 Å². The summed E-state index contributed by atoms with van der Waals surface area (Å²) >= 11 is 7.91. The van der Waals surface area contributed by atoms with Crippen molar-refractivity contribution in [2.45, 2.75) is 25.4 Å². The van der Waals surface area contributed by atoms with Gasteiger partial charge in [-0.25, -0.2) is 4.68 Å². The maximum Gasteiger partial charge on any atom is 0.260 e. The highest BCUT2D eigenvalue weighted by Gasteiger charge is 2.26. The molecule has 0 bridgehead atoms. The van der Waals surface area contributed by atoms with Crippen LogP contribution in [0, 0.1) is 13.8 Å². The molecule has 5 nitrogen and oxygen atoms in total. The van der Waals surface area contributed by atoms with Crippen LogP contribution in [0.1, 0.15) is 33.1 Å². The van der Waals surface area contributed by atoms with Crippen molar-refractivity contribution in [2.75, 3.05) is 5.32 Å². The molecule has 0 saturated carbocycles. The Labute approximate surface area is 154 Å². The number of benzene rings is 1. The van der Waals surface area contributed by atoms with E-state index in [0.717, 1.165) is 28.5 Å². The zero-order chi connectivity index (χ0) is 17.6. The molecule has 1 aliphatic heterocycles. The van der Waals surface area contributed by atoms with Gasteiger partial charge in [0.2, 0.25) is 0 Å². The first-order valence-corrected chi connectivity index (χ1v) is 9.39. The molecule has 3 aromatic rings. The second kappa shape index (κ2) is 6.28. The summed E-state index contributed by atoms with van der Waals surface area (Å²) in [6.45, 7) is 3.62. The van der Waals surface area contributed by atoms with E-state index in [-0.39, 0.29) is 5.91 Å². The zero-order valence-corrected chi connectivity index (χ0v) is 15.4. The Kier molecular flexibility index (Phi) is 4.09. The fourth-order valence-electron chi connectivity index (χ4n) is 2.97. The molecule has 7 heteroatoms. The Morgan fingerprint density at radius 3 is 2.88 bits per heavy atom. The van der Waals surface area contributed by atoms with E-state index in [2.05, 4.69) is 10.4 Å². The third-order valence-electron chi connectivity index (χ3n) is 4.12. The van der Waals surface area contributed by atoms with Crippen LogP contribution in [0.25, 0.3) is 5.69 Å². The minimum absolute atomic E-state index is 0.197. The van der Waals surface area contributed by atoms with E-state index in [1.54, 1.807) is 29.4 Å². The number of anilines is 1. The van der Waals surface area contributed by atoms with Crippen LogP contribution in [0.3, 0.4) is 0 Å². The first-order valence-electron chi connectivity index (χ1n) is 7.86. The maximum atomic E-state index is 12.8. The number of nitrogens with zero attached hydrogens (tertiary/aromatic N) is 2. The Morgan fingerprint density at radius 2 is 2.16 bits per heavy atom. The molecule has 0 saturated heterocycles. The van der Waals surface area contributed by atoms with E-state index in [1.165, 1.54) is 0 Å². The van der Waals surface area contributed by atoms with Crippen LogP contribution >= 0.6 is 23.4 Å². The highest BCUT2D eigenvalue weighted by atomic mass is 35.5. The van der Waals surface area contributed by atoms with Gasteiger partial charge in [-0.05, 0) is 38.1 Å². The van der Waals surface area contributed by atoms with Crippen molar-refractivity contribution in [1.82, 2.24) is 9.78 Å². The molecule has 0 aliphatic carbocycles. The molecule has 0 fully saturated rings. The van der Waals surface area contributed by atoms with Gasteiger partial charge >= 0.3 is 0 Å². The van der Waals surface area contributed by atoms with E-state index in [1.807, 2.05) is 31.2 Å². The molecule has 2 aromatic heterocycles. The predicted octanol–water partition coefficient (Wildman–Crippen LogP) is 4.73. The number of nitrogens with one attached hydrogen (secondary N) is 1. The molecule has 1 N–H and O–H groups in total. The van der Waals surface area contributed by atoms with Crippen LogP contribution in [0.4, 0.5) is 5.82 Å². The Balaban J connectivity index is 1.76. The molecule has 3 heterocycles. The average Bonchev–Trinajstić information content (AvgIpc) is 3.23. The van der Waals surface area contributed by atoms with Gasteiger partial charge in [-0.15, -0.1) is 0 Å². The summed E-state index contributed by atoms with van der Waals surface area (Å²) in [5.41, 5.74) is 3.43. The number of furan rings is 1. The molecule has 0 atom stereocenters. The van der Waals surface area contributed by atoms with Gasteiger partial charge in [-0.3, -0.25) is 4.79 Å². The summed E-state index contributed by atoms with van der Waals surface area (Å²) in [6, 6.07) is 9.19. The first kappa shape index (κ1) is 16.3. The fourth-order valence-corrected chi connectivity index (χ4v) is 4.19. The summed E-state index contributed by atoms with van der Waals surface area (Å²) in [4.78, 5) is 12.8. The minimum atomic E-state index is -0.197. The fraction of sp³-hybridized carbons (Fsp3) is 0.222. The molecule has 128 valence electrons. The topological polar surface area (TPSA) is 60.1 Å². The molecule has 25 heavy (non-hydrogen) atoms. The number of carbonyl (C=O) groups excluding carboxylic acids is 1. The van der Waals surface area contributed by atoms with Crippen LogP contribution < -0.4 is 5.32 Å². The summed E-state index contributed by atoms with van der Waals surface area (Å²) in [5, 5.41) is 8.33. The van der Waals surface area contributed by atoms with Gasteiger partial charge in [0.15, 0.2) is 0 Å². The van der Waals surface area contributed by atoms with Crippen molar-refractivity contribution >= 4 is 35.1 Å². The maximum absolute atomic E-state index is 12.8. The number of thioether (sulfide) groups is 1. The van der Waals surface area contributed by atoms with Gasteiger partial charge in [0.1, 0.15) is 17.3 Å². The van der Waals surface area contributed by atoms with Crippen molar-refractivity contribution in [1.29, 1.82) is 0 Å². The largest absolute Gasteiger partial charge is 0.466 e. The van der Waals surface area contributed by atoms with Crippen LogP contribution in [0.2, 0.25) is 5.02 Å². The predicted molar refractivity (Wildman–Crippen MR) is 99.7 cm³/mol. The Hall–Kier alpha value is -2.18. The third kappa shape index (κ3) is 2.96. The molecule has 4 rings (SSSR count). The zero-order valence-electron chi connectivity index (χ0n) is 13.8. The highest BCUT2D eigenvalue weighted by Crippen LogP contribution is 2.36. The number of hydrogen-bond donors (Lipinski definition) is 1. The number of carbonyl (C=O) groups is 1. The molecule has 1 aliphatic rings.